The van der Waals surface area contributed by atoms with Crippen LogP contribution in [0.1, 0.15) is 56.2 Å². The van der Waals surface area contributed by atoms with E-state index in [1.165, 1.54) is 32.6 Å². The van der Waals surface area contributed by atoms with E-state index in [2.05, 4.69) is 178 Å². The summed E-state index contributed by atoms with van der Waals surface area (Å²) in [7, 11) is -1.86. The van der Waals surface area contributed by atoms with Crippen molar-refractivity contribution in [2.24, 2.45) is 0 Å². The summed E-state index contributed by atoms with van der Waals surface area (Å²) in [6, 6.07) is 60.4. The molecule has 0 radical (unpaired) electrons. The van der Waals surface area contributed by atoms with Gasteiger partial charge in [-0.05, 0) is 90.2 Å². The normalized spacial score (nSPS) is 11.1. The van der Waals surface area contributed by atoms with E-state index in [0.717, 1.165) is 56.6 Å². The van der Waals surface area contributed by atoms with Gasteiger partial charge in [0.1, 0.15) is 34.7 Å². The predicted octanol–water partition coefficient (Wildman–Crippen LogP) is 12.5. The minimum atomic E-state index is -1.86. The maximum atomic E-state index is 5.89. The highest BCUT2D eigenvalue weighted by molar-refractivity contribution is 8.93. The maximum Gasteiger partial charge on any atom is 0.119 e. The molecule has 53 heavy (non-hydrogen) atoms. The average Bonchev–Trinajstić information content (AvgIpc) is 3.21. The van der Waals surface area contributed by atoms with E-state index in [1.807, 2.05) is 30.3 Å². The van der Waals surface area contributed by atoms with Crippen LogP contribution in [-0.2, 0) is 6.16 Å². The molecular weight excluding hydrogens is 731 g/mol. The van der Waals surface area contributed by atoms with Gasteiger partial charge < -0.3 is 9.47 Å². The molecule has 6 aromatic rings. The lowest BCUT2D eigenvalue weighted by Crippen LogP contribution is -2.32. The van der Waals surface area contributed by atoms with Gasteiger partial charge in [0.15, 0.2) is 0 Å². The van der Waals surface area contributed by atoms with E-state index in [9.17, 15) is 0 Å². The van der Waals surface area contributed by atoms with Crippen molar-refractivity contribution in [2.45, 2.75) is 45.7 Å². The molecule has 0 aliphatic carbocycles. The lowest BCUT2D eigenvalue weighted by atomic mass is 10.2. The maximum absolute atomic E-state index is 5.89. The largest absolute Gasteiger partial charge is 0.494 e. The molecule has 6 aromatic carbocycles. The Morgan fingerprint density at radius 3 is 1.19 bits per heavy atom. The highest BCUT2D eigenvalue weighted by Crippen LogP contribution is 2.58. The molecule has 0 bridgehead atoms. The molecule has 0 aliphatic rings. The Labute approximate surface area is 329 Å². The van der Waals surface area contributed by atoms with Crippen molar-refractivity contribution in [1.82, 2.24) is 0 Å². The van der Waals surface area contributed by atoms with Gasteiger partial charge in [0.2, 0.25) is 0 Å². The minimum absolute atomic E-state index is 0. The van der Waals surface area contributed by atoms with Crippen molar-refractivity contribution in [3.05, 3.63) is 199 Å². The number of halogens is 1. The minimum Gasteiger partial charge on any atom is -0.494 e. The van der Waals surface area contributed by atoms with E-state index in [1.54, 1.807) is 0 Å². The quantitative estimate of drug-likeness (QED) is 0.0553. The standard InChI is InChI=1S/C29H30OP.C20H22O.BrH/c1-2-3-23-30-26-21-19-25(20-22-26)24-31(27-13-7-4-8-14-27,28-15-9-5-10-16-28)29-17-11-6-12-18-29;1-2-3-17-21-20-15-13-19(14-16-20)12-8-7-11-18-9-5-4-6-10-18;/h4-22H,2-3,23-24H2,1H3;4-16H,2-3,17H2,1H3;1H/q+1;;/b;11-7+,12-8+;. The lowest BCUT2D eigenvalue weighted by molar-refractivity contribution is 0.309. The van der Waals surface area contributed by atoms with Gasteiger partial charge in [-0.1, -0.05) is 160 Å². The molecule has 0 spiro atoms. The monoisotopic (exact) mass is 783 g/mol. The number of hydrogen-bond donors (Lipinski definition) is 0. The summed E-state index contributed by atoms with van der Waals surface area (Å²) in [5, 5.41) is 4.24. The molecule has 0 aliphatic heterocycles. The zero-order valence-electron chi connectivity index (χ0n) is 31.1. The van der Waals surface area contributed by atoms with Gasteiger partial charge in [-0.3, -0.25) is 0 Å². The smallest absolute Gasteiger partial charge is 0.119 e. The summed E-state index contributed by atoms with van der Waals surface area (Å²) >= 11 is 0. The summed E-state index contributed by atoms with van der Waals surface area (Å²) < 4.78 is 11.5. The Morgan fingerprint density at radius 2 is 0.792 bits per heavy atom. The van der Waals surface area contributed by atoms with Gasteiger partial charge in [0.25, 0.3) is 0 Å². The first kappa shape index (κ1) is 41.1. The topological polar surface area (TPSA) is 18.5 Å². The number of ether oxygens (including phenoxy) is 2. The number of rotatable bonds is 16. The van der Waals surface area contributed by atoms with Crippen LogP contribution in [0.25, 0.3) is 12.2 Å². The van der Waals surface area contributed by atoms with Crippen LogP contribution in [0.2, 0.25) is 0 Å². The molecule has 0 fully saturated rings. The molecule has 0 unspecified atom stereocenters. The van der Waals surface area contributed by atoms with E-state index in [4.69, 9.17) is 9.47 Å². The van der Waals surface area contributed by atoms with Crippen molar-refractivity contribution >= 4 is 52.3 Å². The van der Waals surface area contributed by atoms with Gasteiger partial charge in [0, 0.05) is 0 Å². The molecule has 2 nitrogen and oxygen atoms in total. The van der Waals surface area contributed by atoms with Gasteiger partial charge >= 0.3 is 0 Å². The Morgan fingerprint density at radius 1 is 0.434 bits per heavy atom. The molecule has 0 heterocycles. The third-order valence-corrected chi connectivity index (χ3v) is 13.2. The Balaban J connectivity index is 0.000000250. The molecule has 0 amide bonds. The van der Waals surface area contributed by atoms with E-state index < -0.39 is 7.26 Å². The first-order valence-electron chi connectivity index (χ1n) is 18.6. The fraction of sp³-hybridized carbons (Fsp3) is 0.184. The fourth-order valence-corrected chi connectivity index (χ4v) is 10.2. The molecule has 0 N–H and O–H groups in total. The zero-order valence-corrected chi connectivity index (χ0v) is 33.7. The Bertz CT molecular complexity index is 1790. The van der Waals surface area contributed by atoms with Crippen LogP contribution in [-0.4, -0.2) is 13.2 Å². The van der Waals surface area contributed by atoms with E-state index in [-0.39, 0.29) is 17.0 Å². The van der Waals surface area contributed by atoms with Gasteiger partial charge in [-0.15, -0.1) is 17.0 Å². The van der Waals surface area contributed by atoms with Gasteiger partial charge in [-0.2, -0.15) is 0 Å². The Hall–Kier alpha value is -4.69. The third-order valence-electron chi connectivity index (χ3n) is 8.84. The first-order valence-corrected chi connectivity index (χ1v) is 20.6. The van der Waals surface area contributed by atoms with E-state index >= 15 is 0 Å². The molecule has 4 heteroatoms. The molecular formula is C49H53BrO2P+. The fourth-order valence-electron chi connectivity index (χ4n) is 5.97. The average molecular weight is 785 g/mol. The molecule has 0 saturated heterocycles. The van der Waals surface area contributed by atoms with Crippen LogP contribution in [0.3, 0.4) is 0 Å². The number of benzene rings is 6. The number of hydrogen-bond acceptors (Lipinski definition) is 2. The summed E-state index contributed by atoms with van der Waals surface area (Å²) in [5.41, 5.74) is 3.73. The first-order chi connectivity index (χ1) is 25.7. The lowest BCUT2D eigenvalue weighted by Gasteiger charge is -2.28. The van der Waals surface area contributed by atoms with Crippen LogP contribution in [0, 0.1) is 0 Å². The summed E-state index contributed by atoms with van der Waals surface area (Å²) in [6.07, 6.45) is 13.8. The number of unbranched alkanes of at least 4 members (excludes halogenated alkanes) is 2. The summed E-state index contributed by atoms with van der Waals surface area (Å²) in [4.78, 5) is 0. The predicted molar refractivity (Wildman–Crippen MR) is 237 cm³/mol. The van der Waals surface area contributed by atoms with Crippen LogP contribution in [0.4, 0.5) is 0 Å². The Kier molecular flexibility index (Phi) is 17.9. The second kappa shape index (κ2) is 23.1. The zero-order chi connectivity index (χ0) is 36.1. The van der Waals surface area contributed by atoms with Crippen molar-refractivity contribution in [2.75, 3.05) is 13.2 Å². The summed E-state index contributed by atoms with van der Waals surface area (Å²) in [6.45, 7) is 5.93. The highest BCUT2D eigenvalue weighted by atomic mass is 79.9. The van der Waals surface area contributed by atoms with Crippen LogP contribution < -0.4 is 25.4 Å². The van der Waals surface area contributed by atoms with Crippen LogP contribution in [0.5, 0.6) is 11.5 Å². The van der Waals surface area contributed by atoms with Crippen LogP contribution >= 0.6 is 24.2 Å². The molecule has 6 rings (SSSR count). The van der Waals surface area contributed by atoms with Gasteiger partial charge in [0.05, 0.1) is 19.4 Å². The van der Waals surface area contributed by atoms with Crippen molar-refractivity contribution in [1.29, 1.82) is 0 Å². The number of allylic oxidation sites excluding steroid dienone is 2. The molecule has 0 atom stereocenters. The molecule has 0 saturated carbocycles. The van der Waals surface area contributed by atoms with E-state index in [0.29, 0.717) is 0 Å². The second-order valence-corrected chi connectivity index (χ2v) is 16.2. The SMILES string of the molecule is Br.CCCCOc1ccc(/C=C/C=C/c2ccccc2)cc1.CCCCOc1ccc(C[P+](c2ccccc2)(c2ccccc2)c2ccccc2)cc1. The van der Waals surface area contributed by atoms with Crippen molar-refractivity contribution < 1.29 is 9.47 Å². The molecule has 272 valence electrons. The summed E-state index contributed by atoms with van der Waals surface area (Å²) in [5.74, 6) is 1.90. The highest BCUT2D eigenvalue weighted by Gasteiger charge is 2.45. The van der Waals surface area contributed by atoms with Crippen molar-refractivity contribution in [3.8, 4) is 11.5 Å². The van der Waals surface area contributed by atoms with Crippen molar-refractivity contribution in [3.63, 3.8) is 0 Å². The molecule has 0 aromatic heterocycles. The van der Waals surface area contributed by atoms with Gasteiger partial charge in [-0.25, -0.2) is 0 Å². The van der Waals surface area contributed by atoms with Crippen LogP contribution in [0.15, 0.2) is 182 Å². The second-order valence-electron chi connectivity index (χ2n) is 12.7. The third kappa shape index (κ3) is 12.7.